The first-order chi connectivity index (χ1) is 13.1. The molecule has 148 valence electrons. The number of hydrogen-bond donors (Lipinski definition) is 1. The van der Waals surface area contributed by atoms with Gasteiger partial charge >= 0.3 is 0 Å². The average molecular weight is 436 g/mol. The standard InChI is InChI=1S/C22H30BrNO3/c1-4-6-7-8-11-24(5-2)14-17-18(23)13-20(26-3)22-21(17)16-10-9-15(25)12-19(16)27-22/h9,13,15,19,25H,4-8,11-12,14H2,1-3H3/t15-,19?/m0/s1. The molecule has 1 unspecified atom stereocenters. The largest absolute Gasteiger partial charge is 0.493 e. The summed E-state index contributed by atoms with van der Waals surface area (Å²) in [5, 5.41) is 9.95. The minimum atomic E-state index is -0.503. The normalized spacial score (nSPS) is 20.3. The van der Waals surface area contributed by atoms with Crippen molar-refractivity contribution in [3.8, 4) is 11.5 Å². The summed E-state index contributed by atoms with van der Waals surface area (Å²) in [6.45, 7) is 7.43. The van der Waals surface area contributed by atoms with E-state index >= 15 is 0 Å². The molecule has 2 aliphatic rings. The molecule has 0 radical (unpaired) electrons. The SMILES string of the molecule is CCCCCCN(CC)Cc1c(Br)cc(OC)c2c1C1=C=C[C@H](O)CC1O2. The predicted octanol–water partition coefficient (Wildman–Crippen LogP) is 4.92. The molecule has 1 N–H and O–H groups in total. The van der Waals surface area contributed by atoms with Gasteiger partial charge in [-0.25, -0.2) is 0 Å². The second-order valence-corrected chi connectivity index (χ2v) is 8.16. The number of rotatable bonds is 9. The minimum Gasteiger partial charge on any atom is -0.493 e. The number of methoxy groups -OCH3 is 1. The third kappa shape index (κ3) is 4.43. The summed E-state index contributed by atoms with van der Waals surface area (Å²) in [4.78, 5) is 2.48. The van der Waals surface area contributed by atoms with E-state index in [1.54, 1.807) is 13.2 Å². The molecule has 4 nitrogen and oxygen atoms in total. The Bertz CT molecular complexity index is 740. The number of aliphatic hydroxyl groups excluding tert-OH is 1. The Morgan fingerprint density at radius 1 is 1.33 bits per heavy atom. The molecule has 1 aliphatic heterocycles. The van der Waals surface area contributed by atoms with E-state index in [4.69, 9.17) is 9.47 Å². The van der Waals surface area contributed by atoms with Crippen LogP contribution in [-0.4, -0.2) is 42.4 Å². The van der Waals surface area contributed by atoms with Crippen molar-refractivity contribution >= 4 is 21.5 Å². The average Bonchev–Trinajstić information content (AvgIpc) is 3.03. The van der Waals surface area contributed by atoms with Crippen LogP contribution in [0.2, 0.25) is 0 Å². The van der Waals surface area contributed by atoms with Gasteiger partial charge in [0.25, 0.3) is 0 Å². The van der Waals surface area contributed by atoms with E-state index in [2.05, 4.69) is 40.4 Å². The molecule has 1 aromatic carbocycles. The first-order valence-corrected chi connectivity index (χ1v) is 10.8. The van der Waals surface area contributed by atoms with Gasteiger partial charge in [-0.3, -0.25) is 4.90 Å². The van der Waals surface area contributed by atoms with Crippen molar-refractivity contribution in [2.75, 3.05) is 20.2 Å². The van der Waals surface area contributed by atoms with Crippen LogP contribution in [0, 0.1) is 0 Å². The first-order valence-electron chi connectivity index (χ1n) is 10.0. The Balaban J connectivity index is 1.92. The van der Waals surface area contributed by atoms with Crippen LogP contribution < -0.4 is 9.47 Å². The summed E-state index contributed by atoms with van der Waals surface area (Å²) in [6, 6.07) is 2.00. The zero-order valence-electron chi connectivity index (χ0n) is 16.6. The fourth-order valence-electron chi connectivity index (χ4n) is 3.86. The van der Waals surface area contributed by atoms with Crippen LogP contribution in [-0.2, 0) is 6.54 Å². The number of hydrogen-bond acceptors (Lipinski definition) is 4. The van der Waals surface area contributed by atoms with Gasteiger partial charge in [0.15, 0.2) is 11.5 Å². The maximum absolute atomic E-state index is 9.95. The maximum Gasteiger partial charge on any atom is 0.170 e. The molecule has 1 aliphatic carbocycles. The van der Waals surface area contributed by atoms with Crippen molar-refractivity contribution in [1.29, 1.82) is 0 Å². The Morgan fingerprint density at radius 2 is 2.15 bits per heavy atom. The quantitative estimate of drug-likeness (QED) is 0.441. The second-order valence-electron chi connectivity index (χ2n) is 7.31. The summed E-state index contributed by atoms with van der Waals surface area (Å²) in [6.07, 6.45) is 6.72. The van der Waals surface area contributed by atoms with Crippen LogP contribution in [0.5, 0.6) is 11.5 Å². The maximum atomic E-state index is 9.95. The molecule has 0 aromatic heterocycles. The van der Waals surface area contributed by atoms with Crippen molar-refractivity contribution in [3.05, 3.63) is 33.5 Å². The Kier molecular flexibility index (Phi) is 7.04. The molecule has 1 aromatic rings. The second kappa shape index (κ2) is 9.29. The highest BCUT2D eigenvalue weighted by molar-refractivity contribution is 9.10. The van der Waals surface area contributed by atoms with Crippen LogP contribution in [0.1, 0.15) is 57.1 Å². The van der Waals surface area contributed by atoms with Crippen LogP contribution in [0.3, 0.4) is 0 Å². The Morgan fingerprint density at radius 3 is 2.85 bits per heavy atom. The van der Waals surface area contributed by atoms with Gasteiger partial charge in [0.05, 0.1) is 13.2 Å². The van der Waals surface area contributed by atoms with Gasteiger partial charge in [-0.15, -0.1) is 5.73 Å². The fraction of sp³-hybridized carbons (Fsp3) is 0.591. The molecule has 3 rings (SSSR count). The van der Waals surface area contributed by atoms with Crippen molar-refractivity contribution in [2.24, 2.45) is 0 Å². The lowest BCUT2D eigenvalue weighted by atomic mass is 9.92. The first kappa shape index (κ1) is 20.5. The van der Waals surface area contributed by atoms with Crippen molar-refractivity contribution < 1.29 is 14.6 Å². The molecule has 2 atom stereocenters. The lowest BCUT2D eigenvalue weighted by molar-refractivity contribution is 0.152. The number of fused-ring (bicyclic) bond motifs is 3. The summed E-state index contributed by atoms with van der Waals surface area (Å²) < 4.78 is 12.8. The minimum absolute atomic E-state index is 0.151. The number of ether oxygens (including phenoxy) is 2. The van der Waals surface area contributed by atoms with Crippen molar-refractivity contribution in [2.45, 2.75) is 64.7 Å². The van der Waals surface area contributed by atoms with Gasteiger partial charge in [0.2, 0.25) is 0 Å². The number of aliphatic hydroxyl groups is 1. The lowest BCUT2D eigenvalue weighted by Crippen LogP contribution is -2.25. The summed E-state index contributed by atoms with van der Waals surface area (Å²) in [5.41, 5.74) is 6.62. The van der Waals surface area contributed by atoms with E-state index in [0.29, 0.717) is 6.42 Å². The van der Waals surface area contributed by atoms with Gasteiger partial charge in [0, 0.05) is 28.6 Å². The van der Waals surface area contributed by atoms with E-state index in [-0.39, 0.29) is 6.10 Å². The van der Waals surface area contributed by atoms with Gasteiger partial charge in [-0.2, -0.15) is 0 Å². The molecule has 0 saturated heterocycles. The lowest BCUT2D eigenvalue weighted by Gasteiger charge is -2.23. The van der Waals surface area contributed by atoms with E-state index < -0.39 is 6.10 Å². The fourth-order valence-corrected chi connectivity index (χ4v) is 4.39. The molecule has 0 amide bonds. The van der Waals surface area contributed by atoms with E-state index in [1.165, 1.54) is 31.2 Å². The molecule has 0 fully saturated rings. The molecule has 1 heterocycles. The molecule has 0 bridgehead atoms. The number of nitrogens with zero attached hydrogens (tertiary/aromatic N) is 1. The summed E-state index contributed by atoms with van der Waals surface area (Å²) in [5.74, 6) is 1.51. The van der Waals surface area contributed by atoms with Crippen molar-refractivity contribution in [1.82, 2.24) is 4.90 Å². The monoisotopic (exact) mass is 435 g/mol. The molecular weight excluding hydrogens is 406 g/mol. The van der Waals surface area contributed by atoms with Gasteiger partial charge in [0.1, 0.15) is 6.10 Å². The predicted molar refractivity (Wildman–Crippen MR) is 112 cm³/mol. The van der Waals surface area contributed by atoms with Gasteiger partial charge < -0.3 is 14.6 Å². The molecule has 27 heavy (non-hydrogen) atoms. The van der Waals surface area contributed by atoms with Crippen LogP contribution in [0.25, 0.3) is 5.57 Å². The zero-order chi connectivity index (χ0) is 19.4. The number of benzene rings is 1. The number of unbranched alkanes of at least 4 members (excludes halogenated alkanes) is 3. The molecular formula is C22H30BrNO3. The van der Waals surface area contributed by atoms with Crippen LogP contribution in [0.15, 0.2) is 22.3 Å². The zero-order valence-corrected chi connectivity index (χ0v) is 18.1. The van der Waals surface area contributed by atoms with Crippen LogP contribution >= 0.6 is 15.9 Å². The highest BCUT2D eigenvalue weighted by Gasteiger charge is 2.37. The van der Waals surface area contributed by atoms with E-state index in [0.717, 1.165) is 46.7 Å². The van der Waals surface area contributed by atoms with Gasteiger partial charge in [-0.1, -0.05) is 49.0 Å². The van der Waals surface area contributed by atoms with Gasteiger partial charge in [-0.05, 0) is 37.2 Å². The Labute approximate surface area is 171 Å². The van der Waals surface area contributed by atoms with E-state index in [1.807, 2.05) is 6.07 Å². The third-order valence-electron chi connectivity index (χ3n) is 5.41. The highest BCUT2D eigenvalue weighted by atomic mass is 79.9. The molecule has 0 saturated carbocycles. The molecule has 5 heteroatoms. The van der Waals surface area contributed by atoms with Crippen molar-refractivity contribution in [3.63, 3.8) is 0 Å². The summed E-state index contributed by atoms with van der Waals surface area (Å²) in [7, 11) is 1.66. The molecule has 0 spiro atoms. The number of halogens is 1. The third-order valence-corrected chi connectivity index (χ3v) is 6.12. The topological polar surface area (TPSA) is 41.9 Å². The van der Waals surface area contributed by atoms with E-state index in [9.17, 15) is 5.11 Å². The Hall–Kier alpha value is -1.26. The van der Waals surface area contributed by atoms with Crippen LogP contribution in [0.4, 0.5) is 0 Å². The highest BCUT2D eigenvalue weighted by Crippen LogP contribution is 2.50. The summed E-state index contributed by atoms with van der Waals surface area (Å²) >= 11 is 3.76. The smallest absolute Gasteiger partial charge is 0.170 e.